The van der Waals surface area contributed by atoms with Crippen LogP contribution in [0.1, 0.15) is 19.8 Å². The van der Waals surface area contributed by atoms with Crippen LogP contribution in [0.5, 0.6) is 0 Å². The third kappa shape index (κ3) is 5.26. The van der Waals surface area contributed by atoms with Crippen LogP contribution in [0, 0.1) is 0 Å². The van der Waals surface area contributed by atoms with E-state index in [0.717, 1.165) is 6.42 Å². The molecular weight excluding hydrogens is 120 g/mol. The van der Waals surface area contributed by atoms with Gasteiger partial charge in [-0.15, -0.1) is 0 Å². The Kier molecular flexibility index (Phi) is 4.00. The van der Waals surface area contributed by atoms with Gasteiger partial charge in [0.15, 0.2) is 0 Å². The predicted octanol–water partition coefficient (Wildman–Crippen LogP) is -0.469. The van der Waals surface area contributed by atoms with Gasteiger partial charge in [-0.2, -0.15) is 0 Å². The number of hydrogen-bond acceptors (Lipinski definition) is 4. The Morgan fingerprint density at radius 3 is 2.56 bits per heavy atom. The lowest BCUT2D eigenvalue weighted by Crippen LogP contribution is -2.35. The van der Waals surface area contributed by atoms with E-state index in [9.17, 15) is 4.79 Å². The molecule has 0 aliphatic heterocycles. The van der Waals surface area contributed by atoms with Crippen molar-refractivity contribution in [3.05, 3.63) is 0 Å². The van der Waals surface area contributed by atoms with E-state index in [4.69, 9.17) is 11.5 Å². The Morgan fingerprint density at radius 2 is 2.22 bits per heavy atom. The minimum Gasteiger partial charge on any atom is -0.433 e. The second-order valence-corrected chi connectivity index (χ2v) is 1.70. The van der Waals surface area contributed by atoms with Crippen molar-refractivity contribution in [3.63, 3.8) is 0 Å². The van der Waals surface area contributed by atoms with Gasteiger partial charge in [-0.1, -0.05) is 6.92 Å². The van der Waals surface area contributed by atoms with Crippen LogP contribution in [0.25, 0.3) is 0 Å². The first-order chi connectivity index (χ1) is 4.16. The number of ether oxygens (including phenoxy) is 1. The molecule has 4 heteroatoms. The molecule has 4 nitrogen and oxygen atoms in total. The lowest BCUT2D eigenvalue weighted by atomic mass is 10.3. The van der Waals surface area contributed by atoms with Gasteiger partial charge < -0.3 is 4.74 Å². The number of rotatable bonds is 3. The fourth-order valence-corrected chi connectivity index (χ4v) is 0.415. The molecule has 4 N–H and O–H groups in total. The SMILES string of the molecule is CCCC(=O)OC(N)N. The van der Waals surface area contributed by atoms with Crippen molar-refractivity contribution in [3.8, 4) is 0 Å². The minimum absolute atomic E-state index is 0.340. The maximum Gasteiger partial charge on any atom is 0.308 e. The molecule has 0 rings (SSSR count). The zero-order chi connectivity index (χ0) is 7.28. The molecule has 0 aromatic carbocycles. The maximum atomic E-state index is 10.5. The standard InChI is InChI=1S/C5H12N2O2/c1-2-3-4(8)9-5(6)7/h5H,2-3,6-7H2,1H3. The van der Waals surface area contributed by atoms with Crippen LogP contribution >= 0.6 is 0 Å². The summed E-state index contributed by atoms with van der Waals surface area (Å²) in [4.78, 5) is 10.5. The molecule has 0 aromatic rings. The van der Waals surface area contributed by atoms with E-state index < -0.39 is 6.35 Å². The fraction of sp³-hybridized carbons (Fsp3) is 0.800. The Bertz CT molecular complexity index is 93.0. The normalized spacial score (nSPS) is 9.78. The van der Waals surface area contributed by atoms with Gasteiger partial charge in [0.25, 0.3) is 0 Å². The van der Waals surface area contributed by atoms with Gasteiger partial charge in [0.05, 0.1) is 0 Å². The molecule has 0 aliphatic carbocycles. The van der Waals surface area contributed by atoms with Crippen molar-refractivity contribution < 1.29 is 9.53 Å². The summed E-state index contributed by atoms with van der Waals surface area (Å²) in [5.74, 6) is -0.340. The van der Waals surface area contributed by atoms with Crippen molar-refractivity contribution in [2.24, 2.45) is 11.5 Å². The molecule has 0 heterocycles. The highest BCUT2D eigenvalue weighted by Gasteiger charge is 2.01. The molecule has 0 aliphatic rings. The van der Waals surface area contributed by atoms with Crippen LogP contribution in [0.2, 0.25) is 0 Å². The van der Waals surface area contributed by atoms with Gasteiger partial charge in [-0.05, 0) is 6.42 Å². The summed E-state index contributed by atoms with van der Waals surface area (Å²) in [6.45, 7) is 1.88. The molecule has 54 valence electrons. The van der Waals surface area contributed by atoms with E-state index in [1.165, 1.54) is 0 Å². The third-order valence-electron chi connectivity index (χ3n) is 0.722. The smallest absolute Gasteiger partial charge is 0.308 e. The second-order valence-electron chi connectivity index (χ2n) is 1.70. The van der Waals surface area contributed by atoms with Crippen molar-refractivity contribution in [2.75, 3.05) is 0 Å². The topological polar surface area (TPSA) is 78.3 Å². The fourth-order valence-electron chi connectivity index (χ4n) is 0.415. The summed E-state index contributed by atoms with van der Waals surface area (Å²) in [5.41, 5.74) is 9.92. The Morgan fingerprint density at radius 1 is 1.67 bits per heavy atom. The number of hydrogen-bond donors (Lipinski definition) is 2. The average molecular weight is 132 g/mol. The Labute approximate surface area is 54.2 Å². The van der Waals surface area contributed by atoms with E-state index >= 15 is 0 Å². The summed E-state index contributed by atoms with van der Waals surface area (Å²) in [5, 5.41) is 0. The van der Waals surface area contributed by atoms with E-state index in [-0.39, 0.29) is 5.97 Å². The summed E-state index contributed by atoms with van der Waals surface area (Å²) in [6, 6.07) is 0. The molecule has 0 fully saturated rings. The van der Waals surface area contributed by atoms with Crippen LogP contribution < -0.4 is 11.5 Å². The highest BCUT2D eigenvalue weighted by Crippen LogP contribution is 1.89. The molecule has 0 radical (unpaired) electrons. The van der Waals surface area contributed by atoms with E-state index in [2.05, 4.69) is 4.74 Å². The van der Waals surface area contributed by atoms with Gasteiger partial charge >= 0.3 is 5.97 Å². The summed E-state index contributed by atoms with van der Waals surface area (Å²) in [6.07, 6.45) is 0.167. The number of carbonyl (C=O) groups is 1. The molecule has 0 saturated heterocycles. The van der Waals surface area contributed by atoms with E-state index in [0.29, 0.717) is 6.42 Å². The molecule has 0 saturated carbocycles. The first-order valence-corrected chi connectivity index (χ1v) is 2.87. The molecule has 0 amide bonds. The van der Waals surface area contributed by atoms with Gasteiger partial charge in [-0.3, -0.25) is 16.3 Å². The van der Waals surface area contributed by atoms with Crippen molar-refractivity contribution in [1.82, 2.24) is 0 Å². The van der Waals surface area contributed by atoms with Crippen LogP contribution in [0.3, 0.4) is 0 Å². The summed E-state index contributed by atoms with van der Waals surface area (Å²) < 4.78 is 4.41. The second kappa shape index (κ2) is 4.29. The highest BCUT2D eigenvalue weighted by atomic mass is 16.6. The first-order valence-electron chi connectivity index (χ1n) is 2.87. The van der Waals surface area contributed by atoms with Crippen LogP contribution in [-0.4, -0.2) is 12.3 Å². The molecule has 0 bridgehead atoms. The lowest BCUT2D eigenvalue weighted by molar-refractivity contribution is -0.148. The molecular formula is C5H12N2O2. The summed E-state index contributed by atoms with van der Waals surface area (Å²) >= 11 is 0. The number of carbonyl (C=O) groups excluding carboxylic acids is 1. The van der Waals surface area contributed by atoms with Gasteiger partial charge in [-0.25, -0.2) is 0 Å². The summed E-state index contributed by atoms with van der Waals surface area (Å²) in [7, 11) is 0. The molecule has 0 unspecified atom stereocenters. The first kappa shape index (κ1) is 8.39. The highest BCUT2D eigenvalue weighted by molar-refractivity contribution is 5.69. The predicted molar refractivity (Wildman–Crippen MR) is 33.2 cm³/mol. The monoisotopic (exact) mass is 132 g/mol. The largest absolute Gasteiger partial charge is 0.433 e. The number of nitrogens with two attached hydrogens (primary N) is 2. The van der Waals surface area contributed by atoms with Crippen LogP contribution in [0.4, 0.5) is 0 Å². The average Bonchev–Trinajstić information content (AvgIpc) is 1.63. The zero-order valence-electron chi connectivity index (χ0n) is 5.46. The molecule has 9 heavy (non-hydrogen) atoms. The Hall–Kier alpha value is -0.610. The van der Waals surface area contributed by atoms with Crippen molar-refractivity contribution in [1.29, 1.82) is 0 Å². The quantitative estimate of drug-likeness (QED) is 0.402. The van der Waals surface area contributed by atoms with E-state index in [1.807, 2.05) is 6.92 Å². The maximum absolute atomic E-state index is 10.5. The molecule has 0 aromatic heterocycles. The lowest BCUT2D eigenvalue weighted by Gasteiger charge is -2.05. The van der Waals surface area contributed by atoms with Gasteiger partial charge in [0.2, 0.25) is 6.35 Å². The van der Waals surface area contributed by atoms with Gasteiger partial charge in [0.1, 0.15) is 0 Å². The molecule has 0 spiro atoms. The Balaban J connectivity index is 3.27. The van der Waals surface area contributed by atoms with Crippen LogP contribution in [0.15, 0.2) is 0 Å². The van der Waals surface area contributed by atoms with Crippen molar-refractivity contribution in [2.45, 2.75) is 26.1 Å². The van der Waals surface area contributed by atoms with Crippen LogP contribution in [-0.2, 0) is 9.53 Å². The van der Waals surface area contributed by atoms with Crippen molar-refractivity contribution >= 4 is 5.97 Å². The van der Waals surface area contributed by atoms with E-state index in [1.54, 1.807) is 0 Å². The number of esters is 1. The minimum atomic E-state index is -0.968. The third-order valence-corrected chi connectivity index (χ3v) is 0.722. The zero-order valence-corrected chi connectivity index (χ0v) is 5.46. The molecule has 0 atom stereocenters. The van der Waals surface area contributed by atoms with Gasteiger partial charge in [0, 0.05) is 6.42 Å².